The molecule has 1 aromatic rings. The van der Waals surface area contributed by atoms with E-state index in [4.69, 9.17) is 0 Å². The monoisotopic (exact) mass is 248 g/mol. The number of benzene rings is 1. The first-order valence-electron chi connectivity index (χ1n) is 6.59. The Morgan fingerprint density at radius 3 is 2.50 bits per heavy atom. The molecule has 1 atom stereocenters. The Morgan fingerprint density at radius 1 is 1.22 bits per heavy atom. The number of carbonyl (C=O) groups excluding carboxylic acids is 1. The largest absolute Gasteiger partial charge is 0.353 e. The zero-order valence-corrected chi connectivity index (χ0v) is 11.8. The molecular weight excluding hydrogens is 224 g/mol. The van der Waals surface area contributed by atoms with Gasteiger partial charge in [0.2, 0.25) is 5.91 Å². The van der Waals surface area contributed by atoms with E-state index in [1.54, 1.807) is 0 Å². The van der Waals surface area contributed by atoms with Crippen molar-refractivity contribution in [3.8, 4) is 0 Å². The molecule has 2 N–H and O–H groups in total. The van der Waals surface area contributed by atoms with Crippen molar-refractivity contribution >= 4 is 5.91 Å². The van der Waals surface area contributed by atoms with Crippen LogP contribution < -0.4 is 10.6 Å². The molecule has 0 heterocycles. The number of amides is 1. The van der Waals surface area contributed by atoms with Crippen molar-refractivity contribution in [3.63, 3.8) is 0 Å². The van der Waals surface area contributed by atoms with Gasteiger partial charge in [0.15, 0.2) is 0 Å². The summed E-state index contributed by atoms with van der Waals surface area (Å²) in [4.78, 5) is 11.7. The van der Waals surface area contributed by atoms with Crippen LogP contribution in [-0.2, 0) is 11.2 Å². The molecule has 0 aliphatic heterocycles. The zero-order valence-electron chi connectivity index (χ0n) is 11.8. The molecule has 1 unspecified atom stereocenters. The Labute approximate surface area is 110 Å². The quantitative estimate of drug-likeness (QED) is 0.809. The highest BCUT2D eigenvalue weighted by molar-refractivity contribution is 5.81. The van der Waals surface area contributed by atoms with Crippen LogP contribution in [0.2, 0.25) is 0 Å². The van der Waals surface area contributed by atoms with Crippen molar-refractivity contribution in [2.45, 2.75) is 46.2 Å². The first-order valence-corrected chi connectivity index (χ1v) is 6.59. The smallest absolute Gasteiger partial charge is 0.237 e. The van der Waals surface area contributed by atoms with E-state index < -0.39 is 0 Å². The van der Waals surface area contributed by atoms with Gasteiger partial charge in [0, 0.05) is 6.04 Å². The molecular formula is C15H24N2O. The maximum Gasteiger partial charge on any atom is 0.237 e. The van der Waals surface area contributed by atoms with Gasteiger partial charge in [-0.15, -0.1) is 0 Å². The van der Waals surface area contributed by atoms with Gasteiger partial charge in [0.25, 0.3) is 0 Å². The first-order chi connectivity index (χ1) is 8.50. The summed E-state index contributed by atoms with van der Waals surface area (Å²) in [6, 6.07) is 8.40. The highest BCUT2D eigenvalue weighted by Crippen LogP contribution is 2.06. The normalized spacial score (nSPS) is 12.5. The molecule has 100 valence electrons. The highest BCUT2D eigenvalue weighted by atomic mass is 16.2. The summed E-state index contributed by atoms with van der Waals surface area (Å²) >= 11 is 0. The van der Waals surface area contributed by atoms with E-state index in [1.165, 1.54) is 11.1 Å². The van der Waals surface area contributed by atoms with E-state index in [9.17, 15) is 4.79 Å². The second-order valence-corrected chi connectivity index (χ2v) is 5.02. The van der Waals surface area contributed by atoms with Gasteiger partial charge in [-0.2, -0.15) is 0 Å². The maximum atomic E-state index is 11.7. The van der Waals surface area contributed by atoms with E-state index in [0.717, 1.165) is 13.0 Å². The van der Waals surface area contributed by atoms with E-state index in [1.807, 2.05) is 26.8 Å². The van der Waals surface area contributed by atoms with Crippen LogP contribution in [0.1, 0.15) is 31.9 Å². The fourth-order valence-electron chi connectivity index (χ4n) is 1.82. The molecule has 3 nitrogen and oxygen atoms in total. The molecule has 0 saturated heterocycles. The van der Waals surface area contributed by atoms with Crippen LogP contribution in [-0.4, -0.2) is 24.5 Å². The lowest BCUT2D eigenvalue weighted by molar-refractivity contribution is -0.123. The Morgan fingerprint density at radius 2 is 1.89 bits per heavy atom. The van der Waals surface area contributed by atoms with Gasteiger partial charge < -0.3 is 10.6 Å². The molecule has 0 aliphatic rings. The lowest BCUT2D eigenvalue weighted by Gasteiger charge is -2.16. The highest BCUT2D eigenvalue weighted by Gasteiger charge is 2.12. The topological polar surface area (TPSA) is 41.1 Å². The van der Waals surface area contributed by atoms with Crippen molar-refractivity contribution in [2.24, 2.45) is 0 Å². The second-order valence-electron chi connectivity index (χ2n) is 5.02. The summed E-state index contributed by atoms with van der Waals surface area (Å²) in [5.41, 5.74) is 2.64. The average Bonchev–Trinajstić information content (AvgIpc) is 2.30. The summed E-state index contributed by atoms with van der Waals surface area (Å²) in [5, 5.41) is 6.15. The van der Waals surface area contributed by atoms with Crippen molar-refractivity contribution in [3.05, 3.63) is 35.4 Å². The lowest BCUT2D eigenvalue weighted by atomic mass is 10.1. The minimum absolute atomic E-state index is 0.0646. The molecule has 3 heteroatoms. The minimum atomic E-state index is -0.142. The SMILES string of the molecule is Cc1ccccc1CCNC(C)C(=O)NC(C)C. The fourth-order valence-corrected chi connectivity index (χ4v) is 1.82. The molecule has 1 amide bonds. The molecule has 0 saturated carbocycles. The number of nitrogens with one attached hydrogen (secondary N) is 2. The Balaban J connectivity index is 2.34. The third kappa shape index (κ3) is 4.88. The van der Waals surface area contributed by atoms with Gasteiger partial charge in [-0.05, 0) is 51.8 Å². The van der Waals surface area contributed by atoms with Crippen molar-refractivity contribution in [1.82, 2.24) is 10.6 Å². The van der Waals surface area contributed by atoms with Crippen molar-refractivity contribution in [2.75, 3.05) is 6.54 Å². The van der Waals surface area contributed by atoms with Gasteiger partial charge >= 0.3 is 0 Å². The van der Waals surface area contributed by atoms with Crippen LogP contribution >= 0.6 is 0 Å². The molecule has 1 rings (SSSR count). The van der Waals surface area contributed by atoms with Crippen LogP contribution in [0.4, 0.5) is 0 Å². The molecule has 18 heavy (non-hydrogen) atoms. The summed E-state index contributed by atoms with van der Waals surface area (Å²) in [6.45, 7) is 8.77. The third-order valence-corrected chi connectivity index (χ3v) is 2.93. The van der Waals surface area contributed by atoms with Gasteiger partial charge in [-0.3, -0.25) is 4.79 Å². The van der Waals surface area contributed by atoms with E-state index in [-0.39, 0.29) is 18.0 Å². The van der Waals surface area contributed by atoms with E-state index in [2.05, 4.69) is 35.8 Å². The predicted molar refractivity (Wildman–Crippen MR) is 75.6 cm³/mol. The number of carbonyl (C=O) groups is 1. The van der Waals surface area contributed by atoms with Gasteiger partial charge in [-0.25, -0.2) is 0 Å². The van der Waals surface area contributed by atoms with Gasteiger partial charge in [-0.1, -0.05) is 24.3 Å². The van der Waals surface area contributed by atoms with Crippen LogP contribution in [0, 0.1) is 6.92 Å². The molecule has 1 aromatic carbocycles. The molecule has 0 radical (unpaired) electrons. The van der Waals surface area contributed by atoms with E-state index in [0.29, 0.717) is 0 Å². The van der Waals surface area contributed by atoms with Crippen LogP contribution in [0.5, 0.6) is 0 Å². The Kier molecular flexibility index (Phi) is 5.86. The zero-order chi connectivity index (χ0) is 13.5. The first kappa shape index (κ1) is 14.7. The number of hydrogen-bond donors (Lipinski definition) is 2. The Bertz CT molecular complexity index is 388. The Hall–Kier alpha value is -1.35. The van der Waals surface area contributed by atoms with Gasteiger partial charge in [0.05, 0.1) is 6.04 Å². The molecule has 0 aliphatic carbocycles. The average molecular weight is 248 g/mol. The van der Waals surface area contributed by atoms with Crippen LogP contribution in [0.3, 0.4) is 0 Å². The van der Waals surface area contributed by atoms with Crippen LogP contribution in [0.15, 0.2) is 24.3 Å². The number of aryl methyl sites for hydroxylation is 1. The summed E-state index contributed by atoms with van der Waals surface area (Å²) < 4.78 is 0. The van der Waals surface area contributed by atoms with Gasteiger partial charge in [0.1, 0.15) is 0 Å². The third-order valence-electron chi connectivity index (χ3n) is 2.93. The molecule has 0 fully saturated rings. The molecule has 0 spiro atoms. The van der Waals surface area contributed by atoms with E-state index >= 15 is 0 Å². The second kappa shape index (κ2) is 7.17. The standard InChI is InChI=1S/C15H24N2O/c1-11(2)17-15(18)13(4)16-10-9-14-8-6-5-7-12(14)3/h5-8,11,13,16H,9-10H2,1-4H3,(H,17,18). The lowest BCUT2D eigenvalue weighted by Crippen LogP contribution is -2.45. The van der Waals surface area contributed by atoms with Crippen LogP contribution in [0.25, 0.3) is 0 Å². The molecule has 0 aromatic heterocycles. The maximum absolute atomic E-state index is 11.7. The van der Waals surface area contributed by atoms with Crippen molar-refractivity contribution < 1.29 is 4.79 Å². The molecule has 0 bridgehead atoms. The summed E-state index contributed by atoms with van der Waals surface area (Å²) in [5.74, 6) is 0.0646. The van der Waals surface area contributed by atoms with Crippen molar-refractivity contribution in [1.29, 1.82) is 0 Å². The summed E-state index contributed by atoms with van der Waals surface area (Å²) in [6.07, 6.45) is 0.950. The minimum Gasteiger partial charge on any atom is -0.353 e. The number of rotatable bonds is 6. The number of hydrogen-bond acceptors (Lipinski definition) is 2. The predicted octanol–water partition coefficient (Wildman–Crippen LogP) is 2.04. The fraction of sp³-hybridized carbons (Fsp3) is 0.533. The summed E-state index contributed by atoms with van der Waals surface area (Å²) in [7, 11) is 0.